The number of nitrogens with one attached hydrogen (secondary N) is 1. The molecule has 0 bridgehead atoms. The van der Waals surface area contributed by atoms with Gasteiger partial charge in [-0.3, -0.25) is 4.72 Å². The van der Waals surface area contributed by atoms with Crippen LogP contribution in [0.2, 0.25) is 0 Å². The third kappa shape index (κ3) is 2.48. The average Bonchev–Trinajstić information content (AvgIpc) is 2.60. The molecule has 0 unspecified atom stereocenters. The van der Waals surface area contributed by atoms with E-state index in [4.69, 9.17) is 4.52 Å². The van der Waals surface area contributed by atoms with Gasteiger partial charge in [0.1, 0.15) is 0 Å². The molecule has 0 aliphatic heterocycles. The van der Waals surface area contributed by atoms with E-state index in [0.29, 0.717) is 17.7 Å². The zero-order valence-corrected chi connectivity index (χ0v) is 11.5. The molecular formula is C12H16N2O3S. The first-order valence-corrected chi connectivity index (χ1v) is 7.45. The van der Waals surface area contributed by atoms with Crippen molar-refractivity contribution in [2.45, 2.75) is 27.2 Å². The molecule has 1 heterocycles. The lowest BCUT2D eigenvalue weighted by Crippen LogP contribution is -2.16. The Balaban J connectivity index is 2.44. The fourth-order valence-electron chi connectivity index (χ4n) is 1.80. The Morgan fingerprint density at radius 1 is 1.33 bits per heavy atom. The summed E-state index contributed by atoms with van der Waals surface area (Å²) in [7, 11) is -3.27. The summed E-state index contributed by atoms with van der Waals surface area (Å²) in [4.78, 5) is 0. The van der Waals surface area contributed by atoms with Crippen LogP contribution < -0.4 is 4.72 Å². The monoisotopic (exact) mass is 268 g/mol. The molecule has 1 N–H and O–H groups in total. The lowest BCUT2D eigenvalue weighted by Gasteiger charge is -2.09. The van der Waals surface area contributed by atoms with Crippen LogP contribution in [0.5, 0.6) is 0 Å². The molecule has 0 saturated carbocycles. The van der Waals surface area contributed by atoms with Crippen molar-refractivity contribution >= 4 is 26.7 Å². The van der Waals surface area contributed by atoms with E-state index >= 15 is 0 Å². The first kappa shape index (κ1) is 12.9. The normalized spacial score (nSPS) is 11.9. The minimum Gasteiger partial charge on any atom is -0.356 e. The predicted octanol–water partition coefficient (Wildman–Crippen LogP) is 2.60. The molecule has 98 valence electrons. The molecule has 6 heteroatoms. The zero-order valence-electron chi connectivity index (χ0n) is 10.6. The summed E-state index contributed by atoms with van der Waals surface area (Å²) in [5.41, 5.74) is 2.82. The van der Waals surface area contributed by atoms with Crippen LogP contribution in [0.25, 0.3) is 11.0 Å². The lowest BCUT2D eigenvalue weighted by molar-refractivity contribution is 0.450. The van der Waals surface area contributed by atoms with Crippen LogP contribution in [0.15, 0.2) is 16.7 Å². The van der Waals surface area contributed by atoms with Gasteiger partial charge in [-0.2, -0.15) is 0 Å². The number of benzene rings is 1. The van der Waals surface area contributed by atoms with E-state index in [1.165, 1.54) is 0 Å². The largest absolute Gasteiger partial charge is 0.356 e. The second-order valence-electron chi connectivity index (χ2n) is 4.35. The Hall–Kier alpha value is -1.56. The maximum absolute atomic E-state index is 11.8. The molecule has 0 radical (unpaired) electrons. The lowest BCUT2D eigenvalue weighted by atomic mass is 10.1. The molecule has 0 amide bonds. The highest BCUT2D eigenvalue weighted by Crippen LogP contribution is 2.26. The molecule has 0 atom stereocenters. The van der Waals surface area contributed by atoms with Crippen molar-refractivity contribution in [3.05, 3.63) is 23.4 Å². The highest BCUT2D eigenvalue weighted by Gasteiger charge is 2.13. The number of aromatic nitrogens is 1. The van der Waals surface area contributed by atoms with Crippen LogP contribution in [0.1, 0.15) is 24.6 Å². The first-order valence-electron chi connectivity index (χ1n) is 5.80. The molecule has 0 aliphatic carbocycles. The number of rotatable bonds is 4. The van der Waals surface area contributed by atoms with E-state index < -0.39 is 10.0 Å². The average molecular weight is 268 g/mol. The fourth-order valence-corrected chi connectivity index (χ4v) is 3.00. The van der Waals surface area contributed by atoms with Crippen LogP contribution in [-0.4, -0.2) is 19.3 Å². The SMILES string of the molecule is CCCS(=O)(=O)Nc1cc2c(C)noc2cc1C. The number of fused-ring (bicyclic) bond motifs is 1. The van der Waals surface area contributed by atoms with Gasteiger partial charge in [0.25, 0.3) is 0 Å². The van der Waals surface area contributed by atoms with Gasteiger partial charge in [0.2, 0.25) is 10.0 Å². The van der Waals surface area contributed by atoms with Gasteiger partial charge in [-0.05, 0) is 38.0 Å². The number of nitrogens with zero attached hydrogens (tertiary/aromatic N) is 1. The van der Waals surface area contributed by atoms with E-state index in [2.05, 4.69) is 9.88 Å². The standard InChI is InChI=1S/C12H16N2O3S/c1-4-5-18(15,16)14-11-7-10-9(3)13-17-12(10)6-8(11)2/h6-7,14H,4-5H2,1-3H3. The van der Waals surface area contributed by atoms with E-state index in [1.807, 2.05) is 20.8 Å². The van der Waals surface area contributed by atoms with Crippen molar-refractivity contribution in [3.8, 4) is 0 Å². The van der Waals surface area contributed by atoms with Gasteiger partial charge < -0.3 is 4.52 Å². The molecule has 0 aliphatic rings. The van der Waals surface area contributed by atoms with E-state index in [1.54, 1.807) is 12.1 Å². The molecule has 18 heavy (non-hydrogen) atoms. The Bertz CT molecular complexity index is 674. The van der Waals surface area contributed by atoms with E-state index in [9.17, 15) is 8.42 Å². The molecule has 0 spiro atoms. The Morgan fingerprint density at radius 3 is 2.72 bits per heavy atom. The third-order valence-electron chi connectivity index (χ3n) is 2.74. The Labute approximate surface area is 106 Å². The van der Waals surface area contributed by atoms with Crippen molar-refractivity contribution in [1.29, 1.82) is 0 Å². The van der Waals surface area contributed by atoms with Crippen LogP contribution in [0, 0.1) is 13.8 Å². The van der Waals surface area contributed by atoms with Crippen LogP contribution in [0.3, 0.4) is 0 Å². The first-order chi connectivity index (χ1) is 8.43. The number of sulfonamides is 1. The maximum Gasteiger partial charge on any atom is 0.232 e. The molecule has 2 rings (SSSR count). The predicted molar refractivity (Wildman–Crippen MR) is 71.2 cm³/mol. The van der Waals surface area contributed by atoms with E-state index in [0.717, 1.165) is 16.6 Å². The second-order valence-corrected chi connectivity index (χ2v) is 6.19. The van der Waals surface area contributed by atoms with Gasteiger partial charge in [0.15, 0.2) is 5.58 Å². The van der Waals surface area contributed by atoms with Gasteiger partial charge in [0, 0.05) is 5.39 Å². The van der Waals surface area contributed by atoms with Crippen molar-refractivity contribution in [2.75, 3.05) is 10.5 Å². The van der Waals surface area contributed by atoms with Crippen molar-refractivity contribution < 1.29 is 12.9 Å². The number of anilines is 1. The molecule has 1 aromatic carbocycles. The molecule has 0 saturated heterocycles. The van der Waals surface area contributed by atoms with Crippen molar-refractivity contribution in [1.82, 2.24) is 5.16 Å². The summed E-state index contributed by atoms with van der Waals surface area (Å²) in [6, 6.07) is 3.56. The van der Waals surface area contributed by atoms with Gasteiger partial charge in [0.05, 0.1) is 17.1 Å². The van der Waals surface area contributed by atoms with Crippen LogP contribution in [0.4, 0.5) is 5.69 Å². The third-order valence-corrected chi connectivity index (χ3v) is 4.21. The minimum absolute atomic E-state index is 0.118. The summed E-state index contributed by atoms with van der Waals surface area (Å²) in [6.45, 7) is 5.49. The van der Waals surface area contributed by atoms with Crippen LogP contribution >= 0.6 is 0 Å². The number of hydrogen-bond donors (Lipinski definition) is 1. The Morgan fingerprint density at radius 2 is 2.06 bits per heavy atom. The molecule has 0 fully saturated rings. The summed E-state index contributed by atoms with van der Waals surface area (Å²) < 4.78 is 31.3. The van der Waals surface area contributed by atoms with Gasteiger partial charge in [-0.25, -0.2) is 8.42 Å². The molecule has 5 nitrogen and oxygen atoms in total. The van der Waals surface area contributed by atoms with Gasteiger partial charge >= 0.3 is 0 Å². The minimum atomic E-state index is -3.27. The summed E-state index contributed by atoms with van der Waals surface area (Å²) in [6.07, 6.45) is 0.586. The smallest absolute Gasteiger partial charge is 0.232 e. The summed E-state index contributed by atoms with van der Waals surface area (Å²) in [5, 5.41) is 4.69. The zero-order chi connectivity index (χ0) is 13.3. The topological polar surface area (TPSA) is 72.2 Å². The Kier molecular flexibility index (Phi) is 3.30. The van der Waals surface area contributed by atoms with E-state index in [-0.39, 0.29) is 5.75 Å². The van der Waals surface area contributed by atoms with Crippen LogP contribution in [-0.2, 0) is 10.0 Å². The quantitative estimate of drug-likeness (QED) is 0.925. The highest BCUT2D eigenvalue weighted by molar-refractivity contribution is 7.92. The number of aryl methyl sites for hydroxylation is 2. The summed E-state index contributed by atoms with van der Waals surface area (Å²) >= 11 is 0. The summed E-state index contributed by atoms with van der Waals surface area (Å²) in [5.74, 6) is 0.118. The van der Waals surface area contributed by atoms with Gasteiger partial charge in [-0.1, -0.05) is 12.1 Å². The fraction of sp³-hybridized carbons (Fsp3) is 0.417. The molecule has 2 aromatic rings. The second kappa shape index (κ2) is 4.61. The van der Waals surface area contributed by atoms with Crippen molar-refractivity contribution in [3.63, 3.8) is 0 Å². The number of hydrogen-bond acceptors (Lipinski definition) is 4. The molecule has 1 aromatic heterocycles. The van der Waals surface area contributed by atoms with Crippen molar-refractivity contribution in [2.24, 2.45) is 0 Å². The van der Waals surface area contributed by atoms with Gasteiger partial charge in [-0.15, -0.1) is 0 Å². The molecular weight excluding hydrogens is 252 g/mol. The highest BCUT2D eigenvalue weighted by atomic mass is 32.2. The maximum atomic E-state index is 11.8.